The van der Waals surface area contributed by atoms with Crippen LogP contribution in [0.5, 0.6) is 0 Å². The fraction of sp³-hybridized carbons (Fsp3) is 0.889. The molecule has 130 valence electrons. The lowest BCUT2D eigenvalue weighted by Gasteiger charge is -2.55. The van der Waals surface area contributed by atoms with Crippen molar-refractivity contribution in [3.05, 3.63) is 0 Å². The molecule has 4 aliphatic carbocycles. The highest BCUT2D eigenvalue weighted by molar-refractivity contribution is 5.90. The SMILES string of the molecule is CC(C)C(NC(=O)C12CC3CC(CC(C3)C1)C2)C(=O)NCCN. The van der Waals surface area contributed by atoms with Crippen LogP contribution in [0.1, 0.15) is 52.4 Å². The molecular formula is C18H31N3O2. The van der Waals surface area contributed by atoms with E-state index in [1.807, 2.05) is 13.8 Å². The highest BCUT2D eigenvalue weighted by Gasteiger charge is 2.55. The van der Waals surface area contributed by atoms with Crippen LogP contribution < -0.4 is 16.4 Å². The Balaban J connectivity index is 1.68. The van der Waals surface area contributed by atoms with Crippen molar-refractivity contribution >= 4 is 11.8 Å². The molecule has 0 aliphatic heterocycles. The Morgan fingerprint density at radius 2 is 1.61 bits per heavy atom. The van der Waals surface area contributed by atoms with Crippen molar-refractivity contribution in [2.45, 2.75) is 58.4 Å². The summed E-state index contributed by atoms with van der Waals surface area (Å²) in [7, 11) is 0. The maximum Gasteiger partial charge on any atom is 0.242 e. The minimum Gasteiger partial charge on any atom is -0.353 e. The summed E-state index contributed by atoms with van der Waals surface area (Å²) in [6.45, 7) is 4.83. The van der Waals surface area contributed by atoms with E-state index in [2.05, 4.69) is 10.6 Å². The van der Waals surface area contributed by atoms with Gasteiger partial charge in [-0.1, -0.05) is 13.8 Å². The normalized spacial score (nSPS) is 36.1. The van der Waals surface area contributed by atoms with E-state index in [-0.39, 0.29) is 23.1 Å². The molecule has 0 aromatic carbocycles. The molecule has 0 radical (unpaired) electrons. The number of rotatable bonds is 6. The number of amides is 2. The Bertz CT molecular complexity index is 440. The van der Waals surface area contributed by atoms with Gasteiger partial charge in [0, 0.05) is 18.5 Å². The maximum atomic E-state index is 13.1. The molecule has 1 atom stereocenters. The predicted octanol–water partition coefficient (Wildman–Crippen LogP) is 1.42. The number of hydrogen-bond acceptors (Lipinski definition) is 3. The van der Waals surface area contributed by atoms with Crippen LogP contribution >= 0.6 is 0 Å². The van der Waals surface area contributed by atoms with Crippen molar-refractivity contribution in [3.8, 4) is 0 Å². The second kappa shape index (κ2) is 6.42. The number of nitrogens with one attached hydrogen (secondary N) is 2. The molecule has 0 spiro atoms. The van der Waals surface area contributed by atoms with E-state index in [0.717, 1.165) is 37.0 Å². The van der Waals surface area contributed by atoms with Gasteiger partial charge in [0.15, 0.2) is 0 Å². The van der Waals surface area contributed by atoms with Crippen LogP contribution in [0, 0.1) is 29.1 Å². The summed E-state index contributed by atoms with van der Waals surface area (Å²) < 4.78 is 0. The molecule has 0 aromatic rings. The molecule has 23 heavy (non-hydrogen) atoms. The fourth-order valence-electron chi connectivity index (χ4n) is 5.52. The summed E-state index contributed by atoms with van der Waals surface area (Å²) in [6, 6.07) is -0.456. The summed E-state index contributed by atoms with van der Waals surface area (Å²) in [5, 5.41) is 5.90. The molecule has 4 aliphatic rings. The van der Waals surface area contributed by atoms with Crippen LogP contribution in [-0.2, 0) is 9.59 Å². The predicted molar refractivity (Wildman–Crippen MR) is 89.4 cm³/mol. The molecule has 0 heterocycles. The molecule has 5 heteroatoms. The van der Waals surface area contributed by atoms with Crippen molar-refractivity contribution in [2.75, 3.05) is 13.1 Å². The maximum absolute atomic E-state index is 13.1. The molecule has 5 nitrogen and oxygen atoms in total. The first-order chi connectivity index (χ1) is 10.9. The smallest absolute Gasteiger partial charge is 0.242 e. The van der Waals surface area contributed by atoms with Gasteiger partial charge in [-0.15, -0.1) is 0 Å². The third kappa shape index (κ3) is 3.25. The first-order valence-electron chi connectivity index (χ1n) is 9.22. The van der Waals surface area contributed by atoms with Gasteiger partial charge in [-0.2, -0.15) is 0 Å². The summed E-state index contributed by atoms with van der Waals surface area (Å²) in [5.41, 5.74) is 5.26. The fourth-order valence-corrected chi connectivity index (χ4v) is 5.52. The Kier molecular flexibility index (Phi) is 4.68. The largest absolute Gasteiger partial charge is 0.353 e. The quantitative estimate of drug-likeness (QED) is 0.692. The number of nitrogens with two attached hydrogens (primary N) is 1. The van der Waals surface area contributed by atoms with Crippen LogP contribution in [0.15, 0.2) is 0 Å². The van der Waals surface area contributed by atoms with Gasteiger partial charge in [0.05, 0.1) is 0 Å². The summed E-state index contributed by atoms with van der Waals surface area (Å²) in [6.07, 6.45) is 7.03. The standard InChI is InChI=1S/C18H31N3O2/c1-11(2)15(16(22)20-4-3-19)21-17(23)18-8-12-5-13(9-18)7-14(6-12)10-18/h11-15H,3-10,19H2,1-2H3,(H,20,22)(H,21,23). The van der Waals surface area contributed by atoms with E-state index in [9.17, 15) is 9.59 Å². The average molecular weight is 321 g/mol. The Hall–Kier alpha value is -1.10. The van der Waals surface area contributed by atoms with E-state index in [1.165, 1.54) is 19.3 Å². The molecule has 4 saturated carbocycles. The number of hydrogen-bond donors (Lipinski definition) is 3. The van der Waals surface area contributed by atoms with Crippen LogP contribution in [0.2, 0.25) is 0 Å². The third-order valence-electron chi connectivity index (χ3n) is 6.20. The van der Waals surface area contributed by atoms with E-state index in [1.54, 1.807) is 0 Å². The topological polar surface area (TPSA) is 84.2 Å². The molecule has 4 rings (SSSR count). The van der Waals surface area contributed by atoms with Crippen LogP contribution in [-0.4, -0.2) is 30.9 Å². The third-order valence-corrected chi connectivity index (χ3v) is 6.20. The van der Waals surface area contributed by atoms with Gasteiger partial charge in [0.25, 0.3) is 0 Å². The molecule has 1 unspecified atom stereocenters. The summed E-state index contributed by atoms with van der Waals surface area (Å²) in [5.74, 6) is 2.29. The van der Waals surface area contributed by atoms with Gasteiger partial charge in [-0.05, 0) is 62.2 Å². The Labute approximate surface area is 139 Å². The minimum atomic E-state index is -0.456. The van der Waals surface area contributed by atoms with Crippen molar-refractivity contribution in [3.63, 3.8) is 0 Å². The Morgan fingerprint density at radius 3 is 2.04 bits per heavy atom. The highest BCUT2D eigenvalue weighted by Crippen LogP contribution is 2.60. The lowest BCUT2D eigenvalue weighted by molar-refractivity contribution is -0.149. The van der Waals surface area contributed by atoms with Gasteiger partial charge in [0.2, 0.25) is 11.8 Å². The zero-order valence-electron chi connectivity index (χ0n) is 14.4. The van der Waals surface area contributed by atoms with Gasteiger partial charge in [-0.25, -0.2) is 0 Å². The van der Waals surface area contributed by atoms with Crippen LogP contribution in [0.25, 0.3) is 0 Å². The number of carbonyl (C=O) groups excluding carboxylic acids is 2. The van der Waals surface area contributed by atoms with E-state index in [4.69, 9.17) is 5.73 Å². The van der Waals surface area contributed by atoms with E-state index >= 15 is 0 Å². The van der Waals surface area contributed by atoms with Gasteiger partial charge < -0.3 is 16.4 Å². The van der Waals surface area contributed by atoms with Gasteiger partial charge in [-0.3, -0.25) is 9.59 Å². The molecule has 4 fully saturated rings. The molecule has 4 bridgehead atoms. The molecule has 2 amide bonds. The zero-order chi connectivity index (χ0) is 16.6. The zero-order valence-corrected chi connectivity index (χ0v) is 14.4. The van der Waals surface area contributed by atoms with E-state index in [0.29, 0.717) is 13.1 Å². The molecule has 4 N–H and O–H groups in total. The summed E-state index contributed by atoms with van der Waals surface area (Å²) >= 11 is 0. The highest BCUT2D eigenvalue weighted by atomic mass is 16.2. The molecular weight excluding hydrogens is 290 g/mol. The second-order valence-electron chi connectivity index (χ2n) is 8.47. The lowest BCUT2D eigenvalue weighted by atomic mass is 9.49. The summed E-state index contributed by atoms with van der Waals surface area (Å²) in [4.78, 5) is 25.4. The van der Waals surface area contributed by atoms with Gasteiger partial charge >= 0.3 is 0 Å². The van der Waals surface area contributed by atoms with Crippen molar-refractivity contribution in [1.29, 1.82) is 0 Å². The molecule has 0 aromatic heterocycles. The first-order valence-corrected chi connectivity index (χ1v) is 9.22. The molecule has 0 saturated heterocycles. The van der Waals surface area contributed by atoms with Crippen molar-refractivity contribution in [1.82, 2.24) is 10.6 Å². The van der Waals surface area contributed by atoms with E-state index < -0.39 is 6.04 Å². The first kappa shape index (κ1) is 16.7. The monoisotopic (exact) mass is 321 g/mol. The van der Waals surface area contributed by atoms with Gasteiger partial charge in [0.1, 0.15) is 6.04 Å². The second-order valence-corrected chi connectivity index (χ2v) is 8.47. The number of carbonyl (C=O) groups is 2. The van der Waals surface area contributed by atoms with Crippen LogP contribution in [0.4, 0.5) is 0 Å². The average Bonchev–Trinajstić information content (AvgIpc) is 2.48. The lowest BCUT2D eigenvalue weighted by Crippen LogP contribution is -2.58. The van der Waals surface area contributed by atoms with Crippen molar-refractivity contribution in [2.24, 2.45) is 34.8 Å². The minimum absolute atomic E-state index is 0.0747. The Morgan fingerprint density at radius 1 is 1.09 bits per heavy atom. The van der Waals surface area contributed by atoms with Crippen LogP contribution in [0.3, 0.4) is 0 Å². The van der Waals surface area contributed by atoms with Crippen molar-refractivity contribution < 1.29 is 9.59 Å².